The van der Waals surface area contributed by atoms with Crippen molar-refractivity contribution in [3.63, 3.8) is 0 Å². The van der Waals surface area contributed by atoms with Crippen LogP contribution in [0.15, 0.2) is 0 Å². The SMILES string of the molecule is CC1CCC(CCC=O)O1. The molecule has 10 heavy (non-hydrogen) atoms. The summed E-state index contributed by atoms with van der Waals surface area (Å²) in [6.45, 7) is 2.08. The van der Waals surface area contributed by atoms with E-state index in [9.17, 15) is 4.79 Å². The van der Waals surface area contributed by atoms with E-state index in [0.717, 1.165) is 25.5 Å². The van der Waals surface area contributed by atoms with Gasteiger partial charge in [0.25, 0.3) is 0 Å². The number of ether oxygens (including phenoxy) is 1. The van der Waals surface area contributed by atoms with Crippen LogP contribution >= 0.6 is 0 Å². The van der Waals surface area contributed by atoms with Crippen molar-refractivity contribution in [1.82, 2.24) is 0 Å². The van der Waals surface area contributed by atoms with Gasteiger partial charge in [-0.25, -0.2) is 0 Å². The second-order valence-electron chi connectivity index (χ2n) is 2.89. The van der Waals surface area contributed by atoms with Crippen LogP contribution in [0.3, 0.4) is 0 Å². The van der Waals surface area contributed by atoms with Crippen molar-refractivity contribution in [3.8, 4) is 0 Å². The molecule has 2 atom stereocenters. The third-order valence-electron chi connectivity index (χ3n) is 1.93. The first-order chi connectivity index (χ1) is 4.83. The zero-order valence-electron chi connectivity index (χ0n) is 6.38. The van der Waals surface area contributed by atoms with Crippen molar-refractivity contribution < 1.29 is 9.53 Å². The summed E-state index contributed by atoms with van der Waals surface area (Å²) >= 11 is 0. The molecule has 1 fully saturated rings. The molecule has 58 valence electrons. The predicted molar refractivity (Wildman–Crippen MR) is 38.9 cm³/mol. The molecular formula is C8H14O2. The normalized spacial score (nSPS) is 32.5. The van der Waals surface area contributed by atoms with E-state index < -0.39 is 0 Å². The van der Waals surface area contributed by atoms with Crippen molar-refractivity contribution in [2.75, 3.05) is 0 Å². The van der Waals surface area contributed by atoms with E-state index in [1.807, 2.05) is 0 Å². The standard InChI is InChI=1S/C8H14O2/c1-7-4-5-8(10-7)3-2-6-9/h6-8H,2-5H2,1H3. The van der Waals surface area contributed by atoms with Crippen LogP contribution in [0.1, 0.15) is 32.6 Å². The van der Waals surface area contributed by atoms with Crippen molar-refractivity contribution in [2.45, 2.75) is 44.8 Å². The minimum Gasteiger partial charge on any atom is -0.375 e. The molecule has 0 saturated carbocycles. The smallest absolute Gasteiger partial charge is 0.120 e. The van der Waals surface area contributed by atoms with Gasteiger partial charge in [0.05, 0.1) is 12.2 Å². The molecule has 0 amide bonds. The fraction of sp³-hybridized carbons (Fsp3) is 0.875. The zero-order chi connectivity index (χ0) is 7.40. The van der Waals surface area contributed by atoms with E-state index in [2.05, 4.69) is 6.92 Å². The molecule has 0 N–H and O–H groups in total. The van der Waals surface area contributed by atoms with E-state index in [0.29, 0.717) is 18.6 Å². The third kappa shape index (κ3) is 2.10. The largest absolute Gasteiger partial charge is 0.375 e. The molecule has 2 unspecified atom stereocenters. The molecule has 0 radical (unpaired) electrons. The van der Waals surface area contributed by atoms with Crippen LogP contribution in [-0.2, 0) is 9.53 Å². The van der Waals surface area contributed by atoms with E-state index in [1.54, 1.807) is 0 Å². The summed E-state index contributed by atoms with van der Waals surface area (Å²) in [5.41, 5.74) is 0. The Labute approximate surface area is 61.6 Å². The van der Waals surface area contributed by atoms with Gasteiger partial charge in [-0.05, 0) is 26.2 Å². The van der Waals surface area contributed by atoms with Crippen molar-refractivity contribution in [3.05, 3.63) is 0 Å². The quantitative estimate of drug-likeness (QED) is 0.558. The second kappa shape index (κ2) is 3.71. The highest BCUT2D eigenvalue weighted by Crippen LogP contribution is 2.21. The first-order valence-corrected chi connectivity index (χ1v) is 3.92. The Morgan fingerprint density at radius 2 is 2.40 bits per heavy atom. The van der Waals surface area contributed by atoms with Crippen LogP contribution in [0, 0.1) is 0 Å². The van der Waals surface area contributed by atoms with Gasteiger partial charge in [-0.3, -0.25) is 0 Å². The highest BCUT2D eigenvalue weighted by molar-refractivity contribution is 5.49. The van der Waals surface area contributed by atoms with Gasteiger partial charge in [0.15, 0.2) is 0 Å². The summed E-state index contributed by atoms with van der Waals surface area (Å²) in [4.78, 5) is 9.99. The molecule has 2 nitrogen and oxygen atoms in total. The molecule has 0 aromatic rings. The molecule has 0 spiro atoms. The molecule has 1 saturated heterocycles. The lowest BCUT2D eigenvalue weighted by atomic mass is 10.1. The van der Waals surface area contributed by atoms with Gasteiger partial charge >= 0.3 is 0 Å². The zero-order valence-corrected chi connectivity index (χ0v) is 6.38. The van der Waals surface area contributed by atoms with Gasteiger partial charge in [-0.15, -0.1) is 0 Å². The lowest BCUT2D eigenvalue weighted by molar-refractivity contribution is -0.108. The van der Waals surface area contributed by atoms with Gasteiger partial charge in [-0.1, -0.05) is 0 Å². The maximum absolute atomic E-state index is 9.99. The Morgan fingerprint density at radius 1 is 1.60 bits per heavy atom. The molecule has 2 heteroatoms. The lowest BCUT2D eigenvalue weighted by Crippen LogP contribution is -2.07. The number of hydrogen-bond donors (Lipinski definition) is 0. The maximum Gasteiger partial charge on any atom is 0.120 e. The van der Waals surface area contributed by atoms with Gasteiger partial charge in [-0.2, -0.15) is 0 Å². The summed E-state index contributed by atoms with van der Waals surface area (Å²) in [6.07, 6.45) is 5.59. The van der Waals surface area contributed by atoms with Crippen molar-refractivity contribution in [1.29, 1.82) is 0 Å². The molecule has 1 heterocycles. The fourth-order valence-corrected chi connectivity index (χ4v) is 1.35. The van der Waals surface area contributed by atoms with Crippen LogP contribution in [0.4, 0.5) is 0 Å². The molecular weight excluding hydrogens is 128 g/mol. The van der Waals surface area contributed by atoms with Crippen LogP contribution in [0.2, 0.25) is 0 Å². The second-order valence-corrected chi connectivity index (χ2v) is 2.89. The molecule has 1 aliphatic rings. The summed E-state index contributed by atoms with van der Waals surface area (Å²) in [5.74, 6) is 0. The highest BCUT2D eigenvalue weighted by atomic mass is 16.5. The third-order valence-corrected chi connectivity index (χ3v) is 1.93. The number of aldehydes is 1. The van der Waals surface area contributed by atoms with Gasteiger partial charge in [0, 0.05) is 6.42 Å². The highest BCUT2D eigenvalue weighted by Gasteiger charge is 2.20. The predicted octanol–water partition coefficient (Wildman–Crippen LogP) is 1.53. The Kier molecular flexibility index (Phi) is 2.87. The average molecular weight is 142 g/mol. The number of rotatable bonds is 3. The number of hydrogen-bond acceptors (Lipinski definition) is 2. The fourth-order valence-electron chi connectivity index (χ4n) is 1.35. The van der Waals surface area contributed by atoms with Crippen molar-refractivity contribution in [2.24, 2.45) is 0 Å². The van der Waals surface area contributed by atoms with Crippen molar-refractivity contribution >= 4 is 6.29 Å². The summed E-state index contributed by atoms with van der Waals surface area (Å²) in [7, 11) is 0. The van der Waals surface area contributed by atoms with E-state index >= 15 is 0 Å². The molecule has 0 bridgehead atoms. The minimum atomic E-state index is 0.361. The summed E-state index contributed by atoms with van der Waals surface area (Å²) in [5, 5.41) is 0. The van der Waals surface area contributed by atoms with Gasteiger partial charge in [0.1, 0.15) is 6.29 Å². The van der Waals surface area contributed by atoms with Crippen LogP contribution in [0.25, 0.3) is 0 Å². The number of carbonyl (C=O) groups is 1. The topological polar surface area (TPSA) is 26.3 Å². The number of carbonyl (C=O) groups excluding carboxylic acids is 1. The van der Waals surface area contributed by atoms with Crippen LogP contribution in [0.5, 0.6) is 0 Å². The first kappa shape index (κ1) is 7.73. The summed E-state index contributed by atoms with van der Waals surface area (Å²) < 4.78 is 5.50. The monoisotopic (exact) mass is 142 g/mol. The van der Waals surface area contributed by atoms with Gasteiger partial charge in [0.2, 0.25) is 0 Å². The minimum absolute atomic E-state index is 0.361. The molecule has 0 aromatic carbocycles. The molecule has 1 aliphatic heterocycles. The Balaban J connectivity index is 2.12. The van der Waals surface area contributed by atoms with Crippen LogP contribution in [-0.4, -0.2) is 18.5 Å². The Morgan fingerprint density at radius 3 is 2.90 bits per heavy atom. The van der Waals surface area contributed by atoms with Crippen LogP contribution < -0.4 is 0 Å². The van der Waals surface area contributed by atoms with E-state index in [4.69, 9.17) is 4.74 Å². The lowest BCUT2D eigenvalue weighted by Gasteiger charge is -2.07. The Hall–Kier alpha value is -0.370. The molecule has 0 aliphatic carbocycles. The van der Waals surface area contributed by atoms with Gasteiger partial charge < -0.3 is 9.53 Å². The average Bonchev–Trinajstić information content (AvgIpc) is 2.31. The first-order valence-electron chi connectivity index (χ1n) is 3.92. The summed E-state index contributed by atoms with van der Waals surface area (Å²) in [6, 6.07) is 0. The van der Waals surface area contributed by atoms with E-state index in [-0.39, 0.29) is 0 Å². The maximum atomic E-state index is 9.99. The van der Waals surface area contributed by atoms with E-state index in [1.165, 1.54) is 0 Å². The Bertz CT molecular complexity index is 112. The molecule has 0 aromatic heterocycles. The molecule has 1 rings (SSSR count).